The SMILES string of the molecule is ClOCl.[SeH2].c1ccc(-c2cccnc2)cc1. The van der Waals surface area contributed by atoms with Crippen LogP contribution < -0.4 is 0 Å². The Hall–Kier alpha value is -0.571. The quantitative estimate of drug-likeness (QED) is 0.752. The smallest absolute Gasteiger partial charge is 0.0346 e. The first kappa shape index (κ1) is 15.4. The summed E-state index contributed by atoms with van der Waals surface area (Å²) >= 11 is 8.53. The van der Waals surface area contributed by atoms with Crippen molar-refractivity contribution in [2.24, 2.45) is 0 Å². The molecule has 0 aliphatic carbocycles. The normalized spacial score (nSPS) is 8.38. The van der Waals surface area contributed by atoms with E-state index in [1.54, 1.807) is 6.20 Å². The molecule has 0 N–H and O–H groups in total. The van der Waals surface area contributed by atoms with Crippen LogP contribution in [0.5, 0.6) is 0 Å². The van der Waals surface area contributed by atoms with E-state index in [9.17, 15) is 0 Å². The van der Waals surface area contributed by atoms with Gasteiger partial charge in [0.25, 0.3) is 0 Å². The third-order valence-corrected chi connectivity index (χ3v) is 1.77. The summed E-state index contributed by atoms with van der Waals surface area (Å²) in [4.78, 5) is 4.06. The zero-order chi connectivity index (χ0) is 10.9. The molecule has 0 fully saturated rings. The van der Waals surface area contributed by atoms with Gasteiger partial charge < -0.3 is 0 Å². The molecule has 2 aromatic rings. The van der Waals surface area contributed by atoms with Crippen molar-refractivity contribution in [1.82, 2.24) is 4.98 Å². The maximum absolute atomic E-state index is 4.26. The molecule has 0 aliphatic heterocycles. The Labute approximate surface area is 115 Å². The Bertz CT molecular complexity index is 335. The van der Waals surface area contributed by atoms with Crippen LogP contribution in [0.15, 0.2) is 54.9 Å². The number of rotatable bonds is 1. The number of pyridine rings is 1. The van der Waals surface area contributed by atoms with Crippen molar-refractivity contribution in [3.05, 3.63) is 54.9 Å². The van der Waals surface area contributed by atoms with Crippen molar-refractivity contribution in [3.63, 3.8) is 0 Å². The maximum atomic E-state index is 4.26. The molecular formula is C11H11Cl2NOSe. The number of halogens is 2. The summed E-state index contributed by atoms with van der Waals surface area (Å²) < 4.78 is 3.19. The van der Waals surface area contributed by atoms with Crippen molar-refractivity contribution >= 4 is 40.8 Å². The molecule has 86 valence electrons. The van der Waals surface area contributed by atoms with Gasteiger partial charge in [0.05, 0.1) is 23.7 Å². The first-order chi connectivity index (χ1) is 7.38. The van der Waals surface area contributed by atoms with Crippen LogP contribution in [0.3, 0.4) is 0 Å². The van der Waals surface area contributed by atoms with E-state index in [0.717, 1.165) is 5.56 Å². The van der Waals surface area contributed by atoms with Crippen LogP contribution in [0.25, 0.3) is 11.1 Å². The van der Waals surface area contributed by atoms with E-state index >= 15 is 0 Å². The van der Waals surface area contributed by atoms with E-state index in [4.69, 9.17) is 0 Å². The van der Waals surface area contributed by atoms with Crippen LogP contribution in [-0.4, -0.2) is 22.1 Å². The third kappa shape index (κ3) is 5.50. The molecular weight excluding hydrogens is 312 g/mol. The zero-order valence-electron chi connectivity index (χ0n) is 8.31. The van der Waals surface area contributed by atoms with Gasteiger partial charge in [-0.25, -0.2) is 0 Å². The van der Waals surface area contributed by atoms with Gasteiger partial charge in [0.1, 0.15) is 0 Å². The molecule has 2 rings (SSSR count). The van der Waals surface area contributed by atoms with Gasteiger partial charge in [0.15, 0.2) is 0 Å². The minimum absolute atomic E-state index is 0. The monoisotopic (exact) mass is 323 g/mol. The number of nitrogens with zero attached hydrogens (tertiary/aromatic N) is 1. The van der Waals surface area contributed by atoms with E-state index in [1.807, 2.05) is 30.5 Å². The third-order valence-electron chi connectivity index (χ3n) is 1.77. The molecule has 16 heavy (non-hydrogen) atoms. The van der Waals surface area contributed by atoms with Gasteiger partial charge in [0, 0.05) is 12.4 Å². The molecule has 0 bridgehead atoms. The van der Waals surface area contributed by atoms with Gasteiger partial charge in [-0.15, -0.1) is 0 Å². The van der Waals surface area contributed by atoms with Crippen LogP contribution in [-0.2, 0) is 3.84 Å². The topological polar surface area (TPSA) is 22.1 Å². The summed E-state index contributed by atoms with van der Waals surface area (Å²) in [7, 11) is 0. The van der Waals surface area contributed by atoms with Crippen molar-refractivity contribution in [2.75, 3.05) is 0 Å². The second-order valence-corrected chi connectivity index (χ2v) is 3.13. The molecule has 0 unspecified atom stereocenters. The molecule has 0 atom stereocenters. The van der Waals surface area contributed by atoms with Crippen molar-refractivity contribution in [1.29, 1.82) is 0 Å². The van der Waals surface area contributed by atoms with Crippen LogP contribution in [0.1, 0.15) is 0 Å². The van der Waals surface area contributed by atoms with Crippen LogP contribution >= 0.6 is 23.7 Å². The molecule has 1 heterocycles. The minimum atomic E-state index is 0. The fraction of sp³-hybridized carbons (Fsp3) is 0. The second kappa shape index (κ2) is 9.64. The summed E-state index contributed by atoms with van der Waals surface area (Å²) in [6.45, 7) is 0. The largest absolute Gasteiger partial charge is 0.264 e. The van der Waals surface area contributed by atoms with Gasteiger partial charge >= 0.3 is 17.1 Å². The van der Waals surface area contributed by atoms with E-state index in [-0.39, 0.29) is 17.1 Å². The number of hydrogen-bond donors (Lipinski definition) is 0. The molecule has 1 aromatic carbocycles. The molecule has 0 aliphatic rings. The van der Waals surface area contributed by atoms with Gasteiger partial charge in [-0.3, -0.25) is 4.98 Å². The summed E-state index contributed by atoms with van der Waals surface area (Å²) in [5, 5.41) is 0. The van der Waals surface area contributed by atoms with E-state index in [1.165, 1.54) is 5.56 Å². The van der Waals surface area contributed by atoms with Crippen molar-refractivity contribution < 1.29 is 3.84 Å². The average molecular weight is 323 g/mol. The zero-order valence-corrected chi connectivity index (χ0v) is 11.9. The first-order valence-electron chi connectivity index (χ1n) is 4.23. The standard InChI is InChI=1S/C11H9N.Cl2O.H2Se/c1-2-5-10(6-3-1)11-7-4-8-12-9-11;1-3-2;/h1-9H;;1H2. The van der Waals surface area contributed by atoms with Crippen LogP contribution in [0.4, 0.5) is 0 Å². The molecule has 1 aromatic heterocycles. The van der Waals surface area contributed by atoms with E-state index in [2.05, 4.69) is 50.8 Å². The number of hydrogen-bond acceptors (Lipinski definition) is 2. The van der Waals surface area contributed by atoms with Gasteiger partial charge in [-0.2, -0.15) is 3.84 Å². The Kier molecular flexibility index (Phi) is 9.30. The summed E-state index contributed by atoms with van der Waals surface area (Å²) in [6, 6.07) is 14.2. The fourth-order valence-corrected chi connectivity index (χ4v) is 1.16. The molecule has 0 saturated heterocycles. The minimum Gasteiger partial charge on any atom is -0.264 e. The molecule has 2 nitrogen and oxygen atoms in total. The Morgan fingerprint density at radius 2 is 1.44 bits per heavy atom. The molecule has 0 radical (unpaired) electrons. The predicted molar refractivity (Wildman–Crippen MR) is 71.0 cm³/mol. The Morgan fingerprint density at radius 1 is 0.875 bits per heavy atom. The predicted octanol–water partition coefficient (Wildman–Crippen LogP) is 3.14. The fourth-order valence-electron chi connectivity index (χ4n) is 1.16. The second-order valence-electron chi connectivity index (χ2n) is 2.67. The van der Waals surface area contributed by atoms with Crippen molar-refractivity contribution in [2.45, 2.75) is 0 Å². The molecule has 0 amide bonds. The van der Waals surface area contributed by atoms with Gasteiger partial charge in [-0.1, -0.05) is 36.4 Å². The Balaban J connectivity index is 0.000000511. The summed E-state index contributed by atoms with van der Waals surface area (Å²) in [6.07, 6.45) is 3.65. The van der Waals surface area contributed by atoms with E-state index < -0.39 is 0 Å². The number of aromatic nitrogens is 1. The average Bonchev–Trinajstić information content (AvgIpc) is 2.32. The molecule has 0 spiro atoms. The summed E-state index contributed by atoms with van der Waals surface area (Å²) in [5.41, 5.74) is 2.38. The van der Waals surface area contributed by atoms with Crippen LogP contribution in [0.2, 0.25) is 0 Å². The molecule has 0 saturated carbocycles. The first-order valence-corrected chi connectivity index (χ1v) is 4.85. The maximum Gasteiger partial charge on any atom is 0.0346 e. The van der Waals surface area contributed by atoms with E-state index in [0.29, 0.717) is 0 Å². The van der Waals surface area contributed by atoms with Gasteiger partial charge in [-0.05, 0) is 17.2 Å². The summed E-state index contributed by atoms with van der Waals surface area (Å²) in [5.74, 6) is 0. The molecule has 5 heteroatoms. The Morgan fingerprint density at radius 3 is 1.94 bits per heavy atom. The van der Waals surface area contributed by atoms with Gasteiger partial charge in [0.2, 0.25) is 0 Å². The van der Waals surface area contributed by atoms with Crippen LogP contribution in [0, 0.1) is 0 Å². The number of benzene rings is 1. The van der Waals surface area contributed by atoms with Crippen molar-refractivity contribution in [3.8, 4) is 11.1 Å².